The molecule has 3 rings (SSSR count). The molecule has 1 saturated carbocycles. The van der Waals surface area contributed by atoms with Gasteiger partial charge < -0.3 is 5.73 Å². The predicted molar refractivity (Wildman–Crippen MR) is 76.5 cm³/mol. The van der Waals surface area contributed by atoms with Crippen LogP contribution in [-0.4, -0.2) is 11.8 Å². The van der Waals surface area contributed by atoms with Gasteiger partial charge in [-0.3, -0.25) is 9.59 Å². The minimum absolute atomic E-state index is 0.0589. The Labute approximate surface area is 120 Å². The third-order valence-electron chi connectivity index (χ3n) is 4.08. The Balaban J connectivity index is 1.98. The number of anilines is 2. The predicted octanol–water partition coefficient (Wildman–Crippen LogP) is 2.71. The highest BCUT2D eigenvalue weighted by atomic mass is 79.9. The van der Waals surface area contributed by atoms with Gasteiger partial charge in [0.15, 0.2) is 0 Å². The van der Waals surface area contributed by atoms with Gasteiger partial charge in [-0.1, -0.05) is 12.8 Å². The third-order valence-corrected chi connectivity index (χ3v) is 4.80. The van der Waals surface area contributed by atoms with E-state index in [-0.39, 0.29) is 23.7 Å². The molecule has 1 aromatic carbocycles. The molecule has 100 valence electrons. The van der Waals surface area contributed by atoms with Gasteiger partial charge in [0, 0.05) is 10.2 Å². The number of nitrogen functional groups attached to an aromatic ring is 1. The van der Waals surface area contributed by atoms with E-state index in [1.54, 1.807) is 18.2 Å². The number of carbonyl (C=O) groups is 2. The lowest BCUT2D eigenvalue weighted by molar-refractivity contribution is -0.122. The van der Waals surface area contributed by atoms with Crippen molar-refractivity contribution in [2.75, 3.05) is 10.6 Å². The normalized spacial score (nSPS) is 26.7. The summed E-state index contributed by atoms with van der Waals surface area (Å²) in [6, 6.07) is 5.21. The van der Waals surface area contributed by atoms with E-state index in [1.165, 1.54) is 4.90 Å². The maximum absolute atomic E-state index is 12.4. The number of imide groups is 1. The van der Waals surface area contributed by atoms with Crippen molar-refractivity contribution in [1.82, 2.24) is 0 Å². The lowest BCUT2D eigenvalue weighted by Crippen LogP contribution is -2.30. The molecular formula is C14H15BrN2O2. The van der Waals surface area contributed by atoms with Crippen LogP contribution in [0.15, 0.2) is 22.7 Å². The summed E-state index contributed by atoms with van der Waals surface area (Å²) in [4.78, 5) is 26.1. The van der Waals surface area contributed by atoms with Crippen molar-refractivity contribution in [2.45, 2.75) is 25.7 Å². The van der Waals surface area contributed by atoms with Gasteiger partial charge >= 0.3 is 0 Å². The number of carbonyl (C=O) groups excluding carboxylic acids is 2. The average Bonchev–Trinajstić information content (AvgIpc) is 2.66. The zero-order valence-corrected chi connectivity index (χ0v) is 12.0. The number of halogens is 1. The lowest BCUT2D eigenvalue weighted by Gasteiger charge is -2.19. The Bertz CT molecular complexity index is 534. The number of nitrogens with two attached hydrogens (primary N) is 1. The molecule has 2 atom stereocenters. The van der Waals surface area contributed by atoms with Crippen LogP contribution in [0.3, 0.4) is 0 Å². The van der Waals surface area contributed by atoms with Crippen molar-refractivity contribution in [2.24, 2.45) is 11.8 Å². The van der Waals surface area contributed by atoms with Crippen LogP contribution in [0.5, 0.6) is 0 Å². The maximum Gasteiger partial charge on any atom is 0.237 e. The van der Waals surface area contributed by atoms with Gasteiger partial charge in [0.25, 0.3) is 0 Å². The van der Waals surface area contributed by atoms with Crippen molar-refractivity contribution < 1.29 is 9.59 Å². The first-order chi connectivity index (χ1) is 9.09. The average molecular weight is 323 g/mol. The Kier molecular flexibility index (Phi) is 3.09. The number of benzene rings is 1. The van der Waals surface area contributed by atoms with Crippen molar-refractivity contribution in [1.29, 1.82) is 0 Å². The van der Waals surface area contributed by atoms with Crippen LogP contribution in [0.25, 0.3) is 0 Å². The van der Waals surface area contributed by atoms with Crippen LogP contribution in [-0.2, 0) is 9.59 Å². The minimum atomic E-state index is -0.119. The van der Waals surface area contributed by atoms with Gasteiger partial charge in [-0.15, -0.1) is 0 Å². The van der Waals surface area contributed by atoms with Crippen LogP contribution in [0.1, 0.15) is 25.7 Å². The fourth-order valence-corrected chi connectivity index (χ4v) is 3.33. The van der Waals surface area contributed by atoms with Crippen LogP contribution in [0, 0.1) is 11.8 Å². The number of nitrogens with zero attached hydrogens (tertiary/aromatic N) is 1. The Morgan fingerprint density at radius 3 is 2.21 bits per heavy atom. The molecule has 2 aliphatic rings. The van der Waals surface area contributed by atoms with Gasteiger partial charge in [0.05, 0.1) is 17.5 Å². The molecule has 1 heterocycles. The van der Waals surface area contributed by atoms with Gasteiger partial charge in [0.2, 0.25) is 11.8 Å². The van der Waals surface area contributed by atoms with Gasteiger partial charge in [-0.05, 0) is 47.0 Å². The molecule has 19 heavy (non-hydrogen) atoms. The molecule has 2 amide bonds. The Hall–Kier alpha value is -1.36. The van der Waals surface area contributed by atoms with Gasteiger partial charge in [-0.25, -0.2) is 4.90 Å². The van der Waals surface area contributed by atoms with E-state index in [0.717, 1.165) is 30.2 Å². The van der Waals surface area contributed by atoms with Crippen molar-refractivity contribution in [3.05, 3.63) is 22.7 Å². The van der Waals surface area contributed by atoms with Crippen LogP contribution < -0.4 is 10.6 Å². The van der Waals surface area contributed by atoms with Crippen molar-refractivity contribution in [3.63, 3.8) is 0 Å². The standard InChI is InChI=1S/C14H15BrN2O2/c15-11-6-5-8(7-12(11)16)17-13(18)9-3-1-2-4-10(9)14(17)19/h5-7,9-10H,1-4,16H2. The summed E-state index contributed by atoms with van der Waals surface area (Å²) < 4.78 is 0.771. The highest BCUT2D eigenvalue weighted by Gasteiger charge is 2.48. The molecule has 4 nitrogen and oxygen atoms in total. The Morgan fingerprint density at radius 1 is 1.11 bits per heavy atom. The lowest BCUT2D eigenvalue weighted by atomic mass is 9.81. The fourth-order valence-electron chi connectivity index (χ4n) is 3.09. The highest BCUT2D eigenvalue weighted by molar-refractivity contribution is 9.10. The van der Waals surface area contributed by atoms with Crippen LogP contribution in [0.2, 0.25) is 0 Å². The minimum Gasteiger partial charge on any atom is -0.398 e. The topological polar surface area (TPSA) is 63.4 Å². The zero-order valence-electron chi connectivity index (χ0n) is 10.4. The molecule has 0 spiro atoms. The van der Waals surface area contributed by atoms with E-state index in [4.69, 9.17) is 5.73 Å². The summed E-state index contributed by atoms with van der Waals surface area (Å²) in [5.74, 6) is -0.356. The molecule has 1 aliphatic heterocycles. The molecule has 0 bridgehead atoms. The van der Waals surface area contributed by atoms with E-state index in [1.807, 2.05) is 0 Å². The second-order valence-electron chi connectivity index (χ2n) is 5.22. The van der Waals surface area contributed by atoms with E-state index >= 15 is 0 Å². The van der Waals surface area contributed by atoms with Crippen molar-refractivity contribution >= 4 is 39.1 Å². The SMILES string of the molecule is Nc1cc(N2C(=O)C3CCCCC3C2=O)ccc1Br. The van der Waals surface area contributed by atoms with Crippen LogP contribution >= 0.6 is 15.9 Å². The molecule has 5 heteroatoms. The Morgan fingerprint density at radius 2 is 1.68 bits per heavy atom. The van der Waals surface area contributed by atoms with E-state index in [0.29, 0.717) is 11.4 Å². The quantitative estimate of drug-likeness (QED) is 0.638. The smallest absolute Gasteiger partial charge is 0.237 e. The molecule has 1 aromatic rings. The summed E-state index contributed by atoms with van der Waals surface area (Å²) in [6.07, 6.45) is 3.74. The first kappa shape index (κ1) is 12.7. The highest BCUT2D eigenvalue weighted by Crippen LogP contribution is 2.40. The number of hydrogen-bond acceptors (Lipinski definition) is 3. The first-order valence-electron chi connectivity index (χ1n) is 6.52. The summed E-state index contributed by atoms with van der Waals surface area (Å²) in [7, 11) is 0. The number of fused-ring (bicyclic) bond motifs is 1. The molecule has 1 saturated heterocycles. The zero-order chi connectivity index (χ0) is 13.6. The van der Waals surface area contributed by atoms with Gasteiger partial charge in [0.1, 0.15) is 0 Å². The molecule has 2 unspecified atom stereocenters. The number of amides is 2. The summed E-state index contributed by atoms with van der Waals surface area (Å²) >= 11 is 3.32. The monoisotopic (exact) mass is 322 g/mol. The summed E-state index contributed by atoms with van der Waals surface area (Å²) in [5.41, 5.74) is 6.95. The largest absolute Gasteiger partial charge is 0.398 e. The van der Waals surface area contributed by atoms with E-state index in [2.05, 4.69) is 15.9 Å². The fraction of sp³-hybridized carbons (Fsp3) is 0.429. The third kappa shape index (κ3) is 1.96. The molecule has 0 aromatic heterocycles. The molecular weight excluding hydrogens is 308 g/mol. The number of hydrogen-bond donors (Lipinski definition) is 1. The van der Waals surface area contributed by atoms with Crippen molar-refractivity contribution in [3.8, 4) is 0 Å². The second-order valence-corrected chi connectivity index (χ2v) is 6.07. The van der Waals surface area contributed by atoms with E-state index in [9.17, 15) is 9.59 Å². The van der Waals surface area contributed by atoms with Crippen LogP contribution in [0.4, 0.5) is 11.4 Å². The van der Waals surface area contributed by atoms with E-state index < -0.39 is 0 Å². The molecule has 2 fully saturated rings. The summed E-state index contributed by atoms with van der Waals surface area (Å²) in [5, 5.41) is 0. The number of rotatable bonds is 1. The molecule has 0 radical (unpaired) electrons. The summed E-state index contributed by atoms with van der Waals surface area (Å²) in [6.45, 7) is 0. The molecule has 1 aliphatic carbocycles. The van der Waals surface area contributed by atoms with Gasteiger partial charge in [-0.2, -0.15) is 0 Å². The first-order valence-corrected chi connectivity index (χ1v) is 7.31. The maximum atomic E-state index is 12.4. The molecule has 2 N–H and O–H groups in total. The second kappa shape index (κ2) is 4.63.